The van der Waals surface area contributed by atoms with Crippen LogP contribution in [0.25, 0.3) is 33.8 Å². The molecule has 150 valence electrons. The molecule has 5 rings (SSSR count). The summed E-state index contributed by atoms with van der Waals surface area (Å²) in [5.74, 6) is 0.485. The summed E-state index contributed by atoms with van der Waals surface area (Å²) in [7, 11) is 1.37. The molecule has 5 aromatic rings. The first-order chi connectivity index (χ1) is 14.6. The van der Waals surface area contributed by atoms with Gasteiger partial charge in [-0.25, -0.2) is 19.2 Å². The summed E-state index contributed by atoms with van der Waals surface area (Å²) in [6, 6.07) is 14.2. The van der Waals surface area contributed by atoms with Crippen LogP contribution < -0.4 is 9.47 Å². The first-order valence-corrected chi connectivity index (χ1v) is 8.92. The van der Waals surface area contributed by atoms with Crippen molar-refractivity contribution in [3.8, 4) is 28.6 Å². The highest BCUT2D eigenvalue weighted by Crippen LogP contribution is 2.33. The maximum Gasteiger partial charge on any atom is 0.387 e. The third-order valence-electron chi connectivity index (χ3n) is 4.54. The van der Waals surface area contributed by atoms with E-state index >= 15 is 0 Å². The smallest absolute Gasteiger partial charge is 0.387 e. The van der Waals surface area contributed by atoms with Crippen LogP contribution in [0.5, 0.6) is 11.5 Å². The largest absolute Gasteiger partial charge is 0.493 e. The molecule has 0 bridgehead atoms. The average molecular weight is 408 g/mol. The molecule has 0 amide bonds. The van der Waals surface area contributed by atoms with Crippen LogP contribution in [-0.2, 0) is 0 Å². The lowest BCUT2D eigenvalue weighted by Gasteiger charge is -2.10. The van der Waals surface area contributed by atoms with Crippen molar-refractivity contribution in [3.05, 3.63) is 61.1 Å². The predicted octanol–water partition coefficient (Wildman–Crippen LogP) is 3.74. The lowest BCUT2D eigenvalue weighted by Crippen LogP contribution is -2.03. The van der Waals surface area contributed by atoms with Crippen molar-refractivity contribution in [1.82, 2.24) is 29.4 Å². The molecule has 0 fully saturated rings. The molecular weight excluding hydrogens is 394 g/mol. The monoisotopic (exact) mass is 408 g/mol. The second-order valence-corrected chi connectivity index (χ2v) is 6.32. The van der Waals surface area contributed by atoms with E-state index in [0.29, 0.717) is 22.7 Å². The summed E-state index contributed by atoms with van der Waals surface area (Å²) in [6.45, 7) is -2.95. The average Bonchev–Trinajstić information content (AvgIpc) is 3.38. The van der Waals surface area contributed by atoms with Gasteiger partial charge in [0, 0.05) is 5.56 Å². The molecule has 0 aliphatic heterocycles. The molecule has 0 N–H and O–H groups in total. The summed E-state index contributed by atoms with van der Waals surface area (Å²) in [5, 5.41) is 9.60. The van der Waals surface area contributed by atoms with E-state index < -0.39 is 6.61 Å². The number of nitrogens with zero attached hydrogens (tertiary/aromatic N) is 6. The Balaban J connectivity index is 1.60. The van der Waals surface area contributed by atoms with Gasteiger partial charge in [-0.15, -0.1) is 5.10 Å². The molecule has 2 aromatic carbocycles. The van der Waals surface area contributed by atoms with Crippen LogP contribution in [0.3, 0.4) is 0 Å². The van der Waals surface area contributed by atoms with Crippen molar-refractivity contribution in [2.45, 2.75) is 6.61 Å². The van der Waals surface area contributed by atoms with E-state index in [1.54, 1.807) is 33.9 Å². The normalized spacial score (nSPS) is 11.5. The van der Waals surface area contributed by atoms with Crippen LogP contribution in [0, 0.1) is 0 Å². The highest BCUT2D eigenvalue weighted by molar-refractivity contribution is 5.90. The van der Waals surface area contributed by atoms with Crippen LogP contribution in [0.15, 0.2) is 61.1 Å². The zero-order valence-electron chi connectivity index (χ0n) is 15.6. The van der Waals surface area contributed by atoms with E-state index in [0.717, 1.165) is 11.1 Å². The van der Waals surface area contributed by atoms with Gasteiger partial charge < -0.3 is 9.47 Å². The molecule has 3 heterocycles. The molecule has 0 saturated carbocycles. The molecule has 0 aliphatic carbocycles. The Labute approximate surface area is 168 Å². The number of hydrogen-bond acceptors (Lipinski definition) is 6. The van der Waals surface area contributed by atoms with Crippen molar-refractivity contribution in [2.75, 3.05) is 7.11 Å². The van der Waals surface area contributed by atoms with Gasteiger partial charge in [-0.1, -0.05) is 18.2 Å². The third kappa shape index (κ3) is 2.98. The number of rotatable bonds is 5. The molecule has 0 unspecified atom stereocenters. The highest BCUT2D eigenvalue weighted by atomic mass is 19.3. The molecule has 0 radical (unpaired) electrons. The van der Waals surface area contributed by atoms with Crippen LogP contribution in [-0.4, -0.2) is 43.1 Å². The Morgan fingerprint density at radius 3 is 2.60 bits per heavy atom. The fourth-order valence-electron chi connectivity index (χ4n) is 3.20. The van der Waals surface area contributed by atoms with E-state index in [9.17, 15) is 8.78 Å². The van der Waals surface area contributed by atoms with Crippen molar-refractivity contribution < 1.29 is 18.3 Å². The lowest BCUT2D eigenvalue weighted by atomic mass is 10.2. The fourth-order valence-corrected chi connectivity index (χ4v) is 3.20. The number of fused-ring (bicyclic) bond motifs is 3. The molecule has 0 atom stereocenters. The van der Waals surface area contributed by atoms with E-state index in [1.165, 1.54) is 13.2 Å². The van der Waals surface area contributed by atoms with Gasteiger partial charge in [0.1, 0.15) is 6.33 Å². The summed E-state index contributed by atoms with van der Waals surface area (Å²) in [4.78, 5) is 9.06. The molecule has 0 saturated heterocycles. The van der Waals surface area contributed by atoms with Gasteiger partial charge in [0.15, 0.2) is 28.6 Å². The molecule has 3 aromatic heterocycles. The number of alkyl halides is 2. The number of ether oxygens (including phenoxy) is 2. The molecule has 10 heteroatoms. The Morgan fingerprint density at radius 2 is 1.83 bits per heavy atom. The zero-order valence-corrected chi connectivity index (χ0v) is 15.6. The van der Waals surface area contributed by atoms with Crippen molar-refractivity contribution in [2.24, 2.45) is 0 Å². The minimum Gasteiger partial charge on any atom is -0.493 e. The SMILES string of the molecule is COc1cc(-c2nc3c4cnn(-c5ccccc5)c4ncn3n2)ccc1OC(F)F. The number of halogens is 2. The third-order valence-corrected chi connectivity index (χ3v) is 4.54. The number of para-hydroxylation sites is 1. The van der Waals surface area contributed by atoms with Crippen LogP contribution in [0.2, 0.25) is 0 Å². The van der Waals surface area contributed by atoms with E-state index in [1.807, 2.05) is 30.3 Å². The first-order valence-electron chi connectivity index (χ1n) is 8.92. The minimum absolute atomic E-state index is 0.0618. The summed E-state index contributed by atoms with van der Waals surface area (Å²) < 4.78 is 38.0. The van der Waals surface area contributed by atoms with Gasteiger partial charge >= 0.3 is 6.61 Å². The lowest BCUT2D eigenvalue weighted by molar-refractivity contribution is -0.0512. The van der Waals surface area contributed by atoms with Crippen molar-refractivity contribution in [3.63, 3.8) is 0 Å². The van der Waals surface area contributed by atoms with Crippen LogP contribution in [0.4, 0.5) is 8.78 Å². The quantitative estimate of drug-likeness (QED) is 0.441. The van der Waals surface area contributed by atoms with Crippen molar-refractivity contribution in [1.29, 1.82) is 0 Å². The van der Waals surface area contributed by atoms with Gasteiger partial charge in [-0.05, 0) is 30.3 Å². The summed E-state index contributed by atoms with van der Waals surface area (Å²) in [6.07, 6.45) is 3.24. The molecular formula is C20H14F2N6O2. The fraction of sp³-hybridized carbons (Fsp3) is 0.100. The molecule has 0 aliphatic rings. The summed E-state index contributed by atoms with van der Waals surface area (Å²) in [5.41, 5.74) is 2.68. The highest BCUT2D eigenvalue weighted by Gasteiger charge is 2.17. The summed E-state index contributed by atoms with van der Waals surface area (Å²) >= 11 is 0. The van der Waals surface area contributed by atoms with Gasteiger partial charge in [0.05, 0.1) is 24.4 Å². The first kappa shape index (κ1) is 18.0. The van der Waals surface area contributed by atoms with Crippen LogP contribution >= 0.6 is 0 Å². The standard InChI is InChI=1S/C20H14F2N6O2/c1-29-16-9-12(7-8-15(16)30-20(21)22)17-25-19-14-10-24-28(13-5-3-2-4-6-13)18(14)23-11-27(19)26-17/h2-11,20H,1H3. The zero-order chi connectivity index (χ0) is 20.7. The van der Waals surface area contributed by atoms with Gasteiger partial charge in [0.2, 0.25) is 0 Å². The van der Waals surface area contributed by atoms with E-state index in [4.69, 9.17) is 4.74 Å². The van der Waals surface area contributed by atoms with E-state index in [2.05, 4.69) is 24.9 Å². The molecule has 8 nitrogen and oxygen atoms in total. The van der Waals surface area contributed by atoms with Crippen molar-refractivity contribution >= 4 is 16.7 Å². The number of benzene rings is 2. The topological polar surface area (TPSA) is 79.4 Å². The van der Waals surface area contributed by atoms with Gasteiger partial charge in [0.25, 0.3) is 0 Å². The molecule has 0 spiro atoms. The maximum atomic E-state index is 12.6. The molecule has 30 heavy (non-hydrogen) atoms. The second kappa shape index (κ2) is 7.07. The maximum absolute atomic E-state index is 12.6. The minimum atomic E-state index is -2.95. The Morgan fingerprint density at radius 1 is 1.00 bits per heavy atom. The Hall–Kier alpha value is -4.08. The second-order valence-electron chi connectivity index (χ2n) is 6.32. The van der Waals surface area contributed by atoms with E-state index in [-0.39, 0.29) is 11.5 Å². The Kier molecular flexibility index (Phi) is 4.24. The van der Waals surface area contributed by atoms with Gasteiger partial charge in [-0.2, -0.15) is 13.9 Å². The van der Waals surface area contributed by atoms with Gasteiger partial charge in [-0.3, -0.25) is 0 Å². The predicted molar refractivity (Wildman–Crippen MR) is 104 cm³/mol. The number of aromatic nitrogens is 6. The number of hydrogen-bond donors (Lipinski definition) is 0. The van der Waals surface area contributed by atoms with Crippen LogP contribution in [0.1, 0.15) is 0 Å². The Bertz CT molecular complexity index is 1350. The number of methoxy groups -OCH3 is 1.